The van der Waals surface area contributed by atoms with Crippen LogP contribution in [0.5, 0.6) is 0 Å². The molecule has 0 aromatic heterocycles. The number of nitrogens with two attached hydrogens (primary N) is 2. The van der Waals surface area contributed by atoms with E-state index in [-0.39, 0.29) is 5.96 Å². The lowest BCUT2D eigenvalue weighted by Gasteiger charge is -2.11. The van der Waals surface area contributed by atoms with E-state index in [1.807, 2.05) is 11.8 Å². The van der Waals surface area contributed by atoms with Gasteiger partial charge in [-0.15, -0.1) is 16.9 Å². The fourth-order valence-corrected chi connectivity index (χ4v) is 0.882. The van der Waals surface area contributed by atoms with Gasteiger partial charge >= 0.3 is 0 Å². The van der Waals surface area contributed by atoms with Crippen molar-refractivity contribution in [2.75, 3.05) is 11.5 Å². The van der Waals surface area contributed by atoms with Gasteiger partial charge in [0.25, 0.3) is 0 Å². The summed E-state index contributed by atoms with van der Waals surface area (Å²) in [6.07, 6.45) is 0. The minimum Gasteiger partial charge on any atom is -0.369 e. The Morgan fingerprint density at radius 3 is 2.44 bits per heavy atom. The van der Waals surface area contributed by atoms with Crippen molar-refractivity contribution in [3.8, 4) is 0 Å². The van der Waals surface area contributed by atoms with Gasteiger partial charge in [-0.25, -0.2) is 0 Å². The third-order valence-electron chi connectivity index (χ3n) is 0.844. The van der Waals surface area contributed by atoms with Gasteiger partial charge in [0.1, 0.15) is 0 Å². The van der Waals surface area contributed by atoms with Crippen LogP contribution in [0, 0.1) is 0 Å². The average Bonchev–Trinajstić information content (AvgIpc) is 1.60. The van der Waals surface area contributed by atoms with E-state index in [2.05, 4.69) is 10.2 Å². The van der Waals surface area contributed by atoms with Gasteiger partial charge in [-0.05, 0) is 0 Å². The molecule has 0 unspecified atom stereocenters. The Morgan fingerprint density at radius 1 is 1.44 bits per heavy atom. The first kappa shape index (κ1) is 6.41. The number of hydrogen-bond donors (Lipinski definition) is 2. The Bertz CT molecular complexity index is 152. The first-order valence-corrected chi connectivity index (χ1v) is 3.66. The molecular formula is C4H8N4S. The van der Waals surface area contributed by atoms with Gasteiger partial charge in [-0.2, -0.15) is 5.10 Å². The van der Waals surface area contributed by atoms with E-state index in [4.69, 9.17) is 11.5 Å². The maximum absolute atomic E-state index is 5.03. The summed E-state index contributed by atoms with van der Waals surface area (Å²) in [6, 6.07) is 0. The number of rotatable bonds is 1. The summed E-state index contributed by atoms with van der Waals surface area (Å²) >= 11 is 1.82. The molecule has 1 aliphatic heterocycles. The molecule has 1 fully saturated rings. The van der Waals surface area contributed by atoms with Gasteiger partial charge in [0.2, 0.25) is 5.96 Å². The zero-order chi connectivity index (χ0) is 6.69. The van der Waals surface area contributed by atoms with Crippen molar-refractivity contribution in [1.82, 2.24) is 0 Å². The van der Waals surface area contributed by atoms with Crippen LogP contribution in [0.4, 0.5) is 0 Å². The molecule has 0 aliphatic carbocycles. The number of guanidine groups is 1. The van der Waals surface area contributed by atoms with Crippen LogP contribution in [0.25, 0.3) is 0 Å². The Kier molecular flexibility index (Phi) is 1.94. The fourth-order valence-electron chi connectivity index (χ4n) is 0.380. The van der Waals surface area contributed by atoms with Crippen molar-refractivity contribution in [3.05, 3.63) is 0 Å². The maximum atomic E-state index is 5.03. The molecule has 4 N–H and O–H groups in total. The van der Waals surface area contributed by atoms with Crippen LogP contribution >= 0.6 is 11.8 Å². The number of hydrogen-bond acceptors (Lipinski definition) is 3. The van der Waals surface area contributed by atoms with Gasteiger partial charge in [0.15, 0.2) is 0 Å². The van der Waals surface area contributed by atoms with E-state index < -0.39 is 0 Å². The van der Waals surface area contributed by atoms with Crippen LogP contribution in [-0.4, -0.2) is 23.2 Å². The molecule has 4 nitrogen and oxygen atoms in total. The second kappa shape index (κ2) is 2.72. The number of nitrogens with zero attached hydrogens (tertiary/aromatic N) is 2. The van der Waals surface area contributed by atoms with Crippen LogP contribution in [0.1, 0.15) is 0 Å². The highest BCUT2D eigenvalue weighted by atomic mass is 32.2. The van der Waals surface area contributed by atoms with E-state index >= 15 is 0 Å². The molecular weight excluding hydrogens is 136 g/mol. The predicted molar refractivity (Wildman–Crippen MR) is 40.6 cm³/mol. The van der Waals surface area contributed by atoms with Crippen LogP contribution < -0.4 is 11.5 Å². The van der Waals surface area contributed by atoms with Crippen molar-refractivity contribution >= 4 is 23.4 Å². The summed E-state index contributed by atoms with van der Waals surface area (Å²) in [5.41, 5.74) is 11.1. The van der Waals surface area contributed by atoms with Gasteiger partial charge in [-0.1, -0.05) is 0 Å². The van der Waals surface area contributed by atoms with Gasteiger partial charge < -0.3 is 11.5 Å². The summed E-state index contributed by atoms with van der Waals surface area (Å²) in [7, 11) is 0. The van der Waals surface area contributed by atoms with E-state index in [0.717, 1.165) is 17.2 Å². The van der Waals surface area contributed by atoms with Crippen molar-refractivity contribution in [1.29, 1.82) is 0 Å². The standard InChI is InChI=1S/C4H8N4S/c5-4(6)8-7-3-1-9-2-3/h1-2H2,(H4,5,6,8). The summed E-state index contributed by atoms with van der Waals surface area (Å²) in [5.74, 6) is 1.97. The second-order valence-electron chi connectivity index (χ2n) is 1.68. The van der Waals surface area contributed by atoms with Crippen molar-refractivity contribution in [3.63, 3.8) is 0 Å². The van der Waals surface area contributed by atoms with E-state index in [1.54, 1.807) is 0 Å². The van der Waals surface area contributed by atoms with Gasteiger partial charge in [0, 0.05) is 11.5 Å². The molecule has 1 heterocycles. The SMILES string of the molecule is NC(N)=NN=C1CSC1. The Morgan fingerprint density at radius 2 is 2.11 bits per heavy atom. The molecule has 0 aromatic rings. The lowest BCUT2D eigenvalue weighted by molar-refractivity contribution is 1.19. The first-order valence-electron chi connectivity index (χ1n) is 2.51. The second-order valence-corrected chi connectivity index (χ2v) is 2.67. The minimum atomic E-state index is 0.0272. The molecule has 0 atom stereocenters. The quantitative estimate of drug-likeness (QED) is 0.292. The monoisotopic (exact) mass is 144 g/mol. The summed E-state index contributed by atoms with van der Waals surface area (Å²) in [4.78, 5) is 0. The van der Waals surface area contributed by atoms with E-state index in [1.165, 1.54) is 0 Å². The topological polar surface area (TPSA) is 76.8 Å². The molecule has 50 valence electrons. The Hall–Kier alpha value is -0.710. The Balaban J connectivity index is 2.39. The molecule has 5 heteroatoms. The Labute approximate surface area is 57.4 Å². The summed E-state index contributed by atoms with van der Waals surface area (Å²) < 4.78 is 0. The van der Waals surface area contributed by atoms with Crippen molar-refractivity contribution in [2.45, 2.75) is 0 Å². The van der Waals surface area contributed by atoms with Crippen LogP contribution in [-0.2, 0) is 0 Å². The average molecular weight is 144 g/mol. The van der Waals surface area contributed by atoms with E-state index in [0.29, 0.717) is 0 Å². The summed E-state index contributed by atoms with van der Waals surface area (Å²) in [6.45, 7) is 0. The lowest BCUT2D eigenvalue weighted by Crippen LogP contribution is -2.23. The molecule has 0 spiro atoms. The molecule has 1 saturated heterocycles. The maximum Gasteiger partial charge on any atom is 0.211 e. The highest BCUT2D eigenvalue weighted by Crippen LogP contribution is 2.13. The molecule has 0 bridgehead atoms. The normalized spacial score (nSPS) is 16.2. The van der Waals surface area contributed by atoms with Gasteiger partial charge in [-0.3, -0.25) is 0 Å². The highest BCUT2D eigenvalue weighted by Gasteiger charge is 2.09. The van der Waals surface area contributed by atoms with Crippen molar-refractivity contribution in [2.24, 2.45) is 21.7 Å². The highest BCUT2D eigenvalue weighted by molar-refractivity contribution is 8.03. The third kappa shape index (κ3) is 1.93. The molecule has 9 heavy (non-hydrogen) atoms. The third-order valence-corrected chi connectivity index (χ3v) is 1.92. The zero-order valence-corrected chi connectivity index (χ0v) is 5.69. The molecule has 0 saturated carbocycles. The first-order chi connectivity index (χ1) is 4.29. The predicted octanol–water partition coefficient (Wildman–Crippen LogP) is -0.637. The number of thioether (sulfide) groups is 1. The minimum absolute atomic E-state index is 0.0272. The largest absolute Gasteiger partial charge is 0.369 e. The fraction of sp³-hybridized carbons (Fsp3) is 0.500. The molecule has 0 amide bonds. The van der Waals surface area contributed by atoms with Gasteiger partial charge in [0.05, 0.1) is 5.71 Å². The van der Waals surface area contributed by atoms with E-state index in [9.17, 15) is 0 Å². The zero-order valence-electron chi connectivity index (χ0n) is 4.87. The molecule has 0 aromatic carbocycles. The molecule has 1 aliphatic rings. The lowest BCUT2D eigenvalue weighted by atomic mass is 10.5. The van der Waals surface area contributed by atoms with Crippen LogP contribution in [0.2, 0.25) is 0 Å². The van der Waals surface area contributed by atoms with Crippen LogP contribution in [0.15, 0.2) is 10.2 Å². The molecule has 0 radical (unpaired) electrons. The van der Waals surface area contributed by atoms with Crippen LogP contribution in [0.3, 0.4) is 0 Å². The summed E-state index contributed by atoms with van der Waals surface area (Å²) in [5, 5.41) is 7.26. The van der Waals surface area contributed by atoms with Crippen molar-refractivity contribution < 1.29 is 0 Å². The molecule has 1 rings (SSSR count). The smallest absolute Gasteiger partial charge is 0.211 e.